The van der Waals surface area contributed by atoms with Crippen molar-refractivity contribution in [3.63, 3.8) is 0 Å². The fourth-order valence-corrected chi connectivity index (χ4v) is 2.72. The van der Waals surface area contributed by atoms with Gasteiger partial charge in [0.1, 0.15) is 6.17 Å². The monoisotopic (exact) mass is 186 g/mol. The Kier molecular flexibility index (Phi) is 2.32. The molecule has 2 nitrogen and oxygen atoms in total. The Morgan fingerprint density at radius 3 is 2.62 bits per heavy atom. The van der Waals surface area contributed by atoms with Gasteiger partial charge in [-0.2, -0.15) is 0 Å². The molecular weight excluding hydrogens is 167 g/mol. The Labute approximate surface area is 79.7 Å². The van der Waals surface area contributed by atoms with Crippen LogP contribution in [-0.2, 0) is 0 Å². The lowest BCUT2D eigenvalue weighted by molar-refractivity contribution is -0.0900. The van der Waals surface area contributed by atoms with E-state index in [9.17, 15) is 4.39 Å². The molecule has 0 bridgehead atoms. The standard InChI is InChI=1S/C10H19FN2/c1-3-13-5-4-10(9(11)6-13)7-12(2)8-10/h9H,3-8H2,1-2H3. The van der Waals surface area contributed by atoms with Crippen LogP contribution in [-0.4, -0.2) is 55.7 Å². The molecule has 1 atom stereocenters. The van der Waals surface area contributed by atoms with Crippen LogP contribution in [0.1, 0.15) is 13.3 Å². The van der Waals surface area contributed by atoms with E-state index in [0.717, 1.165) is 32.6 Å². The van der Waals surface area contributed by atoms with Crippen molar-refractivity contribution in [1.82, 2.24) is 9.80 Å². The third-order valence-electron chi connectivity index (χ3n) is 3.63. The van der Waals surface area contributed by atoms with Crippen LogP contribution in [0, 0.1) is 5.41 Å². The summed E-state index contributed by atoms with van der Waals surface area (Å²) in [7, 11) is 2.07. The molecule has 3 heteroatoms. The first-order chi connectivity index (χ1) is 6.16. The fourth-order valence-electron chi connectivity index (χ4n) is 2.72. The van der Waals surface area contributed by atoms with E-state index in [0.29, 0.717) is 6.54 Å². The molecule has 0 radical (unpaired) electrons. The second-order valence-corrected chi connectivity index (χ2v) is 4.65. The number of alkyl halides is 1. The maximum atomic E-state index is 13.8. The summed E-state index contributed by atoms with van der Waals surface area (Å²) < 4.78 is 13.8. The van der Waals surface area contributed by atoms with Crippen molar-refractivity contribution in [3.05, 3.63) is 0 Å². The molecule has 0 aromatic carbocycles. The van der Waals surface area contributed by atoms with Crippen LogP contribution >= 0.6 is 0 Å². The number of nitrogens with zero attached hydrogens (tertiary/aromatic N) is 2. The molecule has 1 spiro atoms. The molecule has 2 fully saturated rings. The summed E-state index contributed by atoms with van der Waals surface area (Å²) in [5, 5.41) is 0. The first-order valence-corrected chi connectivity index (χ1v) is 5.21. The molecule has 2 aliphatic rings. The van der Waals surface area contributed by atoms with Gasteiger partial charge in [-0.1, -0.05) is 6.92 Å². The largest absolute Gasteiger partial charge is 0.305 e. The predicted octanol–water partition coefficient (Wildman–Crippen LogP) is 0.982. The zero-order valence-electron chi connectivity index (χ0n) is 8.59. The number of hydrogen-bond acceptors (Lipinski definition) is 2. The average molecular weight is 186 g/mol. The fraction of sp³-hybridized carbons (Fsp3) is 1.00. The Hall–Kier alpha value is -0.150. The molecule has 13 heavy (non-hydrogen) atoms. The summed E-state index contributed by atoms with van der Waals surface area (Å²) in [6.07, 6.45) is 0.448. The zero-order valence-corrected chi connectivity index (χ0v) is 8.59. The van der Waals surface area contributed by atoms with Crippen LogP contribution in [0.2, 0.25) is 0 Å². The lowest BCUT2D eigenvalue weighted by Crippen LogP contribution is -2.64. The van der Waals surface area contributed by atoms with Crippen molar-refractivity contribution in [2.75, 3.05) is 39.8 Å². The topological polar surface area (TPSA) is 6.48 Å². The minimum Gasteiger partial charge on any atom is -0.305 e. The molecule has 2 aliphatic heterocycles. The number of hydrogen-bond donors (Lipinski definition) is 0. The smallest absolute Gasteiger partial charge is 0.121 e. The highest BCUT2D eigenvalue weighted by Crippen LogP contribution is 2.41. The molecular formula is C10H19FN2. The van der Waals surface area contributed by atoms with Crippen molar-refractivity contribution in [2.24, 2.45) is 5.41 Å². The van der Waals surface area contributed by atoms with Crippen LogP contribution in [0.25, 0.3) is 0 Å². The molecule has 0 saturated carbocycles. The van der Waals surface area contributed by atoms with E-state index in [1.807, 2.05) is 0 Å². The highest BCUT2D eigenvalue weighted by Gasteiger charge is 2.50. The predicted molar refractivity (Wildman–Crippen MR) is 51.6 cm³/mol. The second-order valence-electron chi connectivity index (χ2n) is 4.65. The summed E-state index contributed by atoms with van der Waals surface area (Å²) in [5.74, 6) is 0. The molecule has 0 aliphatic carbocycles. The van der Waals surface area contributed by atoms with E-state index < -0.39 is 6.17 Å². The Balaban J connectivity index is 1.94. The minimum atomic E-state index is -0.600. The van der Waals surface area contributed by atoms with Gasteiger partial charge in [-0.05, 0) is 26.6 Å². The molecule has 2 rings (SSSR count). The highest BCUT2D eigenvalue weighted by molar-refractivity contribution is 5.02. The van der Waals surface area contributed by atoms with Crippen molar-refractivity contribution in [3.8, 4) is 0 Å². The van der Waals surface area contributed by atoms with Crippen LogP contribution < -0.4 is 0 Å². The summed E-state index contributed by atoms with van der Waals surface area (Å²) in [6, 6.07) is 0. The van der Waals surface area contributed by atoms with Gasteiger partial charge in [0, 0.05) is 25.0 Å². The molecule has 0 aromatic heterocycles. The lowest BCUT2D eigenvalue weighted by Gasteiger charge is -2.54. The molecule has 76 valence electrons. The number of rotatable bonds is 1. The van der Waals surface area contributed by atoms with Gasteiger partial charge in [0.05, 0.1) is 0 Å². The van der Waals surface area contributed by atoms with Gasteiger partial charge in [0.2, 0.25) is 0 Å². The molecule has 2 heterocycles. The third-order valence-corrected chi connectivity index (χ3v) is 3.63. The summed E-state index contributed by atoms with van der Waals surface area (Å²) in [6.45, 7) is 6.77. The summed E-state index contributed by atoms with van der Waals surface area (Å²) >= 11 is 0. The van der Waals surface area contributed by atoms with Gasteiger partial charge in [0.15, 0.2) is 0 Å². The lowest BCUT2D eigenvalue weighted by atomic mass is 9.71. The zero-order chi connectivity index (χ0) is 9.47. The van der Waals surface area contributed by atoms with Crippen LogP contribution in [0.3, 0.4) is 0 Å². The van der Waals surface area contributed by atoms with Crippen LogP contribution in [0.15, 0.2) is 0 Å². The second kappa shape index (κ2) is 3.21. The quantitative estimate of drug-likeness (QED) is 0.602. The van der Waals surface area contributed by atoms with Gasteiger partial charge in [-0.15, -0.1) is 0 Å². The summed E-state index contributed by atoms with van der Waals surface area (Å²) in [5.41, 5.74) is 0.0282. The first kappa shape index (κ1) is 9.41. The van der Waals surface area contributed by atoms with Crippen molar-refractivity contribution in [2.45, 2.75) is 19.5 Å². The third kappa shape index (κ3) is 1.48. The number of piperidine rings is 1. The van der Waals surface area contributed by atoms with E-state index in [-0.39, 0.29) is 5.41 Å². The van der Waals surface area contributed by atoms with Gasteiger partial charge in [-0.25, -0.2) is 4.39 Å². The van der Waals surface area contributed by atoms with Crippen molar-refractivity contribution in [1.29, 1.82) is 0 Å². The first-order valence-electron chi connectivity index (χ1n) is 5.21. The van der Waals surface area contributed by atoms with Gasteiger partial charge < -0.3 is 9.80 Å². The maximum absolute atomic E-state index is 13.8. The Morgan fingerprint density at radius 2 is 2.15 bits per heavy atom. The van der Waals surface area contributed by atoms with E-state index in [4.69, 9.17) is 0 Å². The highest BCUT2D eigenvalue weighted by atomic mass is 19.1. The van der Waals surface area contributed by atoms with Crippen LogP contribution in [0.5, 0.6) is 0 Å². The number of halogens is 1. The minimum absolute atomic E-state index is 0.0282. The Morgan fingerprint density at radius 1 is 1.46 bits per heavy atom. The van der Waals surface area contributed by atoms with Gasteiger partial charge >= 0.3 is 0 Å². The van der Waals surface area contributed by atoms with Gasteiger partial charge in [-0.3, -0.25) is 0 Å². The average Bonchev–Trinajstić information content (AvgIpc) is 2.06. The maximum Gasteiger partial charge on any atom is 0.121 e. The van der Waals surface area contributed by atoms with Crippen LogP contribution in [0.4, 0.5) is 4.39 Å². The SMILES string of the molecule is CCN1CCC2(CN(C)C2)C(F)C1. The van der Waals surface area contributed by atoms with E-state index in [2.05, 4.69) is 23.8 Å². The van der Waals surface area contributed by atoms with Gasteiger partial charge in [0.25, 0.3) is 0 Å². The molecule has 0 aromatic rings. The summed E-state index contributed by atoms with van der Waals surface area (Å²) in [4.78, 5) is 4.43. The van der Waals surface area contributed by atoms with Crippen molar-refractivity contribution >= 4 is 0 Å². The van der Waals surface area contributed by atoms with E-state index in [1.165, 1.54) is 0 Å². The molecule has 2 saturated heterocycles. The molecule has 0 N–H and O–H groups in total. The molecule has 1 unspecified atom stereocenters. The van der Waals surface area contributed by atoms with Crippen molar-refractivity contribution < 1.29 is 4.39 Å². The molecule has 0 amide bonds. The Bertz CT molecular complexity index is 189. The normalized spacial score (nSPS) is 34.8. The van der Waals surface area contributed by atoms with E-state index in [1.54, 1.807) is 0 Å². The van der Waals surface area contributed by atoms with E-state index >= 15 is 0 Å². The number of likely N-dealkylation sites (tertiary alicyclic amines) is 2.